The average Bonchev–Trinajstić information content (AvgIpc) is 3.24. The molecule has 1 aliphatic rings. The van der Waals surface area contributed by atoms with Crippen LogP contribution in [0.3, 0.4) is 0 Å². The van der Waals surface area contributed by atoms with Crippen LogP contribution in [0.15, 0.2) is 41.8 Å². The van der Waals surface area contributed by atoms with Crippen molar-refractivity contribution < 1.29 is 9.53 Å². The Morgan fingerprint density at radius 1 is 1.29 bits per heavy atom. The first-order valence-corrected chi connectivity index (χ1v) is 8.08. The van der Waals surface area contributed by atoms with Crippen LogP contribution in [-0.2, 0) is 17.8 Å². The zero-order valence-electron chi connectivity index (χ0n) is 12.1. The summed E-state index contributed by atoms with van der Waals surface area (Å²) in [5.74, 6) is -0.270. The Bertz CT molecular complexity index is 605. The molecular formula is C17H19NO2S. The normalized spacial score (nSPS) is 14.4. The third-order valence-electron chi connectivity index (χ3n) is 3.74. The van der Waals surface area contributed by atoms with E-state index in [1.165, 1.54) is 30.4 Å². The van der Waals surface area contributed by atoms with Crippen LogP contribution >= 0.6 is 11.3 Å². The molecule has 0 N–H and O–H groups in total. The fourth-order valence-corrected chi connectivity index (χ4v) is 3.23. The van der Waals surface area contributed by atoms with Gasteiger partial charge in [-0.2, -0.15) is 0 Å². The Morgan fingerprint density at radius 2 is 2.14 bits per heavy atom. The molecule has 1 aromatic heterocycles. The molecule has 0 aliphatic heterocycles. The molecule has 0 bridgehead atoms. The van der Waals surface area contributed by atoms with Gasteiger partial charge < -0.3 is 4.74 Å². The highest BCUT2D eigenvalue weighted by atomic mass is 32.1. The third-order valence-corrected chi connectivity index (χ3v) is 4.60. The maximum atomic E-state index is 11.6. The summed E-state index contributed by atoms with van der Waals surface area (Å²) in [5, 5.41) is 2.12. The molecule has 3 rings (SSSR count). The van der Waals surface area contributed by atoms with Crippen molar-refractivity contribution in [1.29, 1.82) is 0 Å². The maximum absolute atomic E-state index is 11.6. The van der Waals surface area contributed by atoms with Gasteiger partial charge in [0.05, 0.1) is 12.7 Å². The van der Waals surface area contributed by atoms with Crippen molar-refractivity contribution in [2.45, 2.75) is 32.0 Å². The second-order valence-corrected chi connectivity index (χ2v) is 6.44. The summed E-state index contributed by atoms with van der Waals surface area (Å²) in [6.07, 6.45) is 2.56. The fraction of sp³-hybridized carbons (Fsp3) is 0.353. The minimum Gasteiger partial charge on any atom is -0.465 e. The third kappa shape index (κ3) is 3.71. The molecule has 2 aromatic rings. The lowest BCUT2D eigenvalue weighted by atomic mass is 10.1. The first kappa shape index (κ1) is 14.3. The number of hydrogen-bond donors (Lipinski definition) is 0. The van der Waals surface area contributed by atoms with Gasteiger partial charge in [-0.05, 0) is 42.0 Å². The van der Waals surface area contributed by atoms with Gasteiger partial charge in [-0.15, -0.1) is 11.3 Å². The van der Waals surface area contributed by atoms with Gasteiger partial charge >= 0.3 is 5.97 Å². The molecule has 4 heteroatoms. The van der Waals surface area contributed by atoms with Crippen LogP contribution in [0.2, 0.25) is 0 Å². The summed E-state index contributed by atoms with van der Waals surface area (Å²) in [6.45, 7) is 1.87. The summed E-state index contributed by atoms with van der Waals surface area (Å²) in [6, 6.07) is 12.7. The molecule has 21 heavy (non-hydrogen) atoms. The quantitative estimate of drug-likeness (QED) is 0.762. The lowest BCUT2D eigenvalue weighted by molar-refractivity contribution is 0.0600. The Balaban J connectivity index is 1.72. The Labute approximate surface area is 129 Å². The summed E-state index contributed by atoms with van der Waals surface area (Å²) >= 11 is 1.80. The number of nitrogens with zero attached hydrogens (tertiary/aromatic N) is 1. The smallest absolute Gasteiger partial charge is 0.337 e. The lowest BCUT2D eigenvalue weighted by Gasteiger charge is -2.21. The number of hydrogen-bond acceptors (Lipinski definition) is 4. The van der Waals surface area contributed by atoms with Crippen molar-refractivity contribution in [3.8, 4) is 0 Å². The van der Waals surface area contributed by atoms with Crippen LogP contribution < -0.4 is 0 Å². The van der Waals surface area contributed by atoms with Gasteiger partial charge in [0.2, 0.25) is 0 Å². The van der Waals surface area contributed by atoms with Gasteiger partial charge in [0.1, 0.15) is 0 Å². The van der Waals surface area contributed by atoms with Crippen LogP contribution in [0.5, 0.6) is 0 Å². The zero-order valence-corrected chi connectivity index (χ0v) is 12.9. The maximum Gasteiger partial charge on any atom is 0.337 e. The number of thiophene rings is 1. The van der Waals surface area contributed by atoms with Gasteiger partial charge in [-0.3, -0.25) is 4.90 Å². The Hall–Kier alpha value is -1.65. The van der Waals surface area contributed by atoms with E-state index in [-0.39, 0.29) is 5.97 Å². The molecule has 0 radical (unpaired) electrons. The highest BCUT2D eigenvalue weighted by Gasteiger charge is 2.29. The second-order valence-electron chi connectivity index (χ2n) is 5.41. The van der Waals surface area contributed by atoms with Crippen LogP contribution in [0.1, 0.15) is 33.6 Å². The summed E-state index contributed by atoms with van der Waals surface area (Å²) in [7, 11) is 1.42. The lowest BCUT2D eigenvalue weighted by Crippen LogP contribution is -2.24. The Kier molecular flexibility index (Phi) is 4.36. The van der Waals surface area contributed by atoms with E-state index in [1.54, 1.807) is 17.4 Å². The predicted octanol–water partition coefficient (Wildman–Crippen LogP) is 3.70. The van der Waals surface area contributed by atoms with Crippen molar-refractivity contribution >= 4 is 17.3 Å². The number of rotatable bonds is 6. The first-order chi connectivity index (χ1) is 10.3. The molecule has 1 aliphatic carbocycles. The number of carbonyl (C=O) groups excluding carboxylic acids is 1. The van der Waals surface area contributed by atoms with Gasteiger partial charge in [-0.1, -0.05) is 18.2 Å². The van der Waals surface area contributed by atoms with Crippen molar-refractivity contribution in [3.63, 3.8) is 0 Å². The molecular weight excluding hydrogens is 282 g/mol. The molecule has 0 amide bonds. The molecule has 1 saturated carbocycles. The van der Waals surface area contributed by atoms with Crippen molar-refractivity contribution in [1.82, 2.24) is 4.90 Å². The molecule has 110 valence electrons. The molecule has 0 atom stereocenters. The molecule has 1 heterocycles. The van der Waals surface area contributed by atoms with E-state index in [0.717, 1.165) is 13.1 Å². The summed E-state index contributed by atoms with van der Waals surface area (Å²) < 4.78 is 4.79. The summed E-state index contributed by atoms with van der Waals surface area (Å²) in [5.41, 5.74) is 1.79. The highest BCUT2D eigenvalue weighted by Crippen LogP contribution is 2.30. The predicted molar refractivity (Wildman–Crippen MR) is 84.4 cm³/mol. The van der Waals surface area contributed by atoms with Crippen LogP contribution in [0.4, 0.5) is 0 Å². The van der Waals surface area contributed by atoms with Crippen LogP contribution in [0, 0.1) is 0 Å². The number of ether oxygens (including phenoxy) is 1. The second kappa shape index (κ2) is 6.41. The molecule has 1 fully saturated rings. The number of carbonyl (C=O) groups is 1. The molecule has 1 aromatic carbocycles. The minimum atomic E-state index is -0.270. The van der Waals surface area contributed by atoms with Crippen LogP contribution in [0.25, 0.3) is 0 Å². The molecule has 3 nitrogen and oxygen atoms in total. The molecule has 0 spiro atoms. The number of methoxy groups -OCH3 is 1. The van der Waals surface area contributed by atoms with E-state index < -0.39 is 0 Å². The molecule has 0 saturated heterocycles. The van der Waals surface area contributed by atoms with Crippen LogP contribution in [-0.4, -0.2) is 24.0 Å². The fourth-order valence-electron chi connectivity index (χ4n) is 2.51. The Morgan fingerprint density at radius 3 is 2.81 bits per heavy atom. The molecule has 0 unspecified atom stereocenters. The average molecular weight is 301 g/mol. The zero-order chi connectivity index (χ0) is 14.7. The van der Waals surface area contributed by atoms with E-state index in [1.807, 2.05) is 12.1 Å². The monoisotopic (exact) mass is 301 g/mol. The van der Waals surface area contributed by atoms with E-state index in [0.29, 0.717) is 11.6 Å². The highest BCUT2D eigenvalue weighted by molar-refractivity contribution is 7.09. The standard InChI is InChI=1S/C17H19NO2S/c1-20-17(19)14-5-2-4-13(10-14)11-18(15-7-8-15)12-16-6-3-9-21-16/h2-6,9-10,15H,7-8,11-12H2,1H3. The van der Waals surface area contributed by atoms with Crippen molar-refractivity contribution in [2.75, 3.05) is 7.11 Å². The number of esters is 1. The van der Waals surface area contributed by atoms with E-state index in [9.17, 15) is 4.79 Å². The number of benzene rings is 1. The van der Waals surface area contributed by atoms with Gasteiger partial charge in [-0.25, -0.2) is 4.79 Å². The minimum absolute atomic E-state index is 0.270. The van der Waals surface area contributed by atoms with E-state index in [4.69, 9.17) is 4.74 Å². The SMILES string of the molecule is COC(=O)c1cccc(CN(Cc2cccs2)C2CC2)c1. The van der Waals surface area contributed by atoms with E-state index in [2.05, 4.69) is 28.5 Å². The van der Waals surface area contributed by atoms with E-state index >= 15 is 0 Å². The van der Waals surface area contributed by atoms with Crippen molar-refractivity contribution in [3.05, 3.63) is 57.8 Å². The van der Waals surface area contributed by atoms with Gasteiger partial charge in [0.25, 0.3) is 0 Å². The first-order valence-electron chi connectivity index (χ1n) is 7.20. The largest absolute Gasteiger partial charge is 0.465 e. The summed E-state index contributed by atoms with van der Waals surface area (Å²) in [4.78, 5) is 15.5. The topological polar surface area (TPSA) is 29.5 Å². The van der Waals surface area contributed by atoms with Gasteiger partial charge in [0.15, 0.2) is 0 Å². The van der Waals surface area contributed by atoms with Gasteiger partial charge in [0, 0.05) is 24.0 Å². The van der Waals surface area contributed by atoms with Crippen molar-refractivity contribution in [2.24, 2.45) is 0 Å².